The highest BCUT2D eigenvalue weighted by atomic mass is 79.9. The second-order valence-corrected chi connectivity index (χ2v) is 7.52. The highest BCUT2D eigenvalue weighted by Crippen LogP contribution is 2.54. The zero-order valence-corrected chi connectivity index (χ0v) is 11.2. The first-order chi connectivity index (χ1) is 7.36. The van der Waals surface area contributed by atoms with E-state index in [9.17, 15) is 0 Å². The number of para-hydroxylation sites is 1. The van der Waals surface area contributed by atoms with Gasteiger partial charge in [-0.1, -0.05) is 37.5 Å². The van der Waals surface area contributed by atoms with Gasteiger partial charge in [-0.25, -0.2) is 0 Å². The van der Waals surface area contributed by atoms with E-state index < -0.39 is 6.85 Å². The van der Waals surface area contributed by atoms with Crippen molar-refractivity contribution in [3.8, 4) is 5.75 Å². The van der Waals surface area contributed by atoms with Crippen LogP contribution in [0, 0.1) is 0 Å². The maximum Gasteiger partial charge on any atom is 0.160 e. The molecule has 1 aromatic rings. The van der Waals surface area contributed by atoms with Crippen LogP contribution in [0.2, 0.25) is 0 Å². The first kappa shape index (κ1) is 11.4. The first-order valence-corrected chi connectivity index (χ1v) is 8.89. The van der Waals surface area contributed by atoms with E-state index in [2.05, 4.69) is 15.5 Å². The van der Waals surface area contributed by atoms with Crippen LogP contribution in [0.25, 0.3) is 0 Å². The highest BCUT2D eigenvalue weighted by molar-refractivity contribution is 9.39. The van der Waals surface area contributed by atoms with Gasteiger partial charge < -0.3 is 4.52 Å². The van der Waals surface area contributed by atoms with Crippen molar-refractivity contribution >= 4 is 22.3 Å². The van der Waals surface area contributed by atoms with Gasteiger partial charge in [0, 0.05) is 5.66 Å². The maximum absolute atomic E-state index is 5.94. The Bertz CT molecular complexity index is 285. The molecule has 3 heteroatoms. The molecule has 1 aromatic carbocycles. The van der Waals surface area contributed by atoms with Gasteiger partial charge in [-0.2, -0.15) is 0 Å². The van der Waals surface area contributed by atoms with Gasteiger partial charge in [0.1, 0.15) is 5.75 Å². The Labute approximate surface area is 101 Å². The predicted molar refractivity (Wildman–Crippen MR) is 69.8 cm³/mol. The van der Waals surface area contributed by atoms with Gasteiger partial charge >= 0.3 is 0 Å². The van der Waals surface area contributed by atoms with E-state index in [0.29, 0.717) is 0 Å². The van der Waals surface area contributed by atoms with Gasteiger partial charge in [0.2, 0.25) is 0 Å². The standard InChI is InChI=1S/C12H16BrOP/c13-15(12-9-5-2-6-10-12)14-11-7-3-1-4-8-11/h1,3-4,7-8,12H,2,5-6,9-10H2. The molecule has 2 rings (SSSR count). The van der Waals surface area contributed by atoms with Crippen molar-refractivity contribution in [2.24, 2.45) is 0 Å². The van der Waals surface area contributed by atoms with Gasteiger partial charge in [-0.05, 0) is 40.5 Å². The largest absolute Gasteiger partial charge is 0.462 e. The molecule has 0 bridgehead atoms. The Balaban J connectivity index is 1.88. The van der Waals surface area contributed by atoms with Crippen LogP contribution in [0.1, 0.15) is 32.1 Å². The fraction of sp³-hybridized carbons (Fsp3) is 0.500. The summed E-state index contributed by atoms with van der Waals surface area (Å²) in [4.78, 5) is 0. The summed E-state index contributed by atoms with van der Waals surface area (Å²) in [5, 5.41) is 0. The van der Waals surface area contributed by atoms with E-state index in [1.165, 1.54) is 32.1 Å². The number of benzene rings is 1. The summed E-state index contributed by atoms with van der Waals surface area (Å²) >= 11 is 3.72. The molecule has 0 amide bonds. The topological polar surface area (TPSA) is 9.23 Å². The summed E-state index contributed by atoms with van der Waals surface area (Å²) in [6, 6.07) is 10.1. The number of rotatable bonds is 3. The molecule has 15 heavy (non-hydrogen) atoms. The third-order valence-corrected chi connectivity index (χ3v) is 6.45. The predicted octanol–water partition coefficient (Wildman–Crippen LogP) is 5.10. The Morgan fingerprint density at radius 3 is 2.40 bits per heavy atom. The van der Waals surface area contributed by atoms with Crippen LogP contribution < -0.4 is 4.52 Å². The molecule has 1 atom stereocenters. The van der Waals surface area contributed by atoms with Crippen molar-refractivity contribution in [3.05, 3.63) is 30.3 Å². The molecule has 1 fully saturated rings. The first-order valence-electron chi connectivity index (χ1n) is 5.54. The van der Waals surface area contributed by atoms with Crippen molar-refractivity contribution in [3.63, 3.8) is 0 Å². The van der Waals surface area contributed by atoms with E-state index >= 15 is 0 Å². The van der Waals surface area contributed by atoms with Gasteiger partial charge in [0.25, 0.3) is 0 Å². The highest BCUT2D eigenvalue weighted by Gasteiger charge is 2.23. The SMILES string of the molecule is BrP(Oc1ccccc1)C1CCCCC1. The van der Waals surface area contributed by atoms with Gasteiger partial charge in [0.05, 0.1) is 0 Å². The average molecular weight is 287 g/mol. The summed E-state index contributed by atoms with van der Waals surface area (Å²) in [6.07, 6.45) is 6.78. The van der Waals surface area contributed by atoms with Crippen molar-refractivity contribution in [2.75, 3.05) is 0 Å². The zero-order chi connectivity index (χ0) is 10.5. The van der Waals surface area contributed by atoms with Crippen molar-refractivity contribution in [1.29, 1.82) is 0 Å². The summed E-state index contributed by atoms with van der Waals surface area (Å²) in [5.74, 6) is 0.992. The van der Waals surface area contributed by atoms with Crippen LogP contribution in [0.5, 0.6) is 5.75 Å². The third-order valence-electron chi connectivity index (χ3n) is 2.80. The summed E-state index contributed by atoms with van der Waals surface area (Å²) in [5.41, 5.74) is 0.744. The van der Waals surface area contributed by atoms with Crippen LogP contribution in [-0.4, -0.2) is 5.66 Å². The summed E-state index contributed by atoms with van der Waals surface area (Å²) in [6.45, 7) is -0.463. The Morgan fingerprint density at radius 1 is 1.07 bits per heavy atom. The maximum atomic E-state index is 5.94. The van der Waals surface area contributed by atoms with Crippen LogP contribution in [0.4, 0.5) is 0 Å². The molecule has 0 heterocycles. The number of hydrogen-bond acceptors (Lipinski definition) is 1. The van der Waals surface area contributed by atoms with E-state index in [1.807, 2.05) is 30.3 Å². The number of halogens is 1. The minimum Gasteiger partial charge on any atom is -0.462 e. The molecule has 1 saturated carbocycles. The Kier molecular flexibility index (Phi) is 4.46. The van der Waals surface area contributed by atoms with Crippen molar-refractivity contribution < 1.29 is 4.52 Å². The fourth-order valence-corrected chi connectivity index (χ4v) is 4.91. The quantitative estimate of drug-likeness (QED) is 0.702. The molecule has 0 spiro atoms. The smallest absolute Gasteiger partial charge is 0.160 e. The molecule has 0 saturated heterocycles. The molecular weight excluding hydrogens is 271 g/mol. The van der Waals surface area contributed by atoms with Crippen molar-refractivity contribution in [2.45, 2.75) is 37.8 Å². The van der Waals surface area contributed by atoms with Gasteiger partial charge in [0.15, 0.2) is 6.85 Å². The third kappa shape index (κ3) is 3.46. The molecular formula is C12H16BrOP. The lowest BCUT2D eigenvalue weighted by Gasteiger charge is -2.25. The van der Waals surface area contributed by atoms with Crippen molar-refractivity contribution in [1.82, 2.24) is 0 Å². The van der Waals surface area contributed by atoms with E-state index in [-0.39, 0.29) is 0 Å². The number of hydrogen-bond donors (Lipinski definition) is 0. The molecule has 0 N–H and O–H groups in total. The fourth-order valence-electron chi connectivity index (χ4n) is 1.94. The van der Waals surface area contributed by atoms with Gasteiger partial charge in [-0.15, -0.1) is 0 Å². The normalized spacial score (nSPS) is 19.8. The molecule has 1 aliphatic rings. The van der Waals surface area contributed by atoms with Crippen LogP contribution in [-0.2, 0) is 0 Å². The Morgan fingerprint density at radius 2 is 1.73 bits per heavy atom. The van der Waals surface area contributed by atoms with Crippen LogP contribution in [0.3, 0.4) is 0 Å². The minimum absolute atomic E-state index is 0.463. The molecule has 0 radical (unpaired) electrons. The molecule has 1 unspecified atom stereocenters. The molecule has 82 valence electrons. The summed E-state index contributed by atoms with van der Waals surface area (Å²) in [7, 11) is 0. The second-order valence-electron chi connectivity index (χ2n) is 3.97. The van der Waals surface area contributed by atoms with E-state index in [4.69, 9.17) is 4.52 Å². The lowest BCUT2D eigenvalue weighted by atomic mass is 10.0. The molecule has 1 aliphatic carbocycles. The molecule has 0 aromatic heterocycles. The average Bonchev–Trinajstić information content (AvgIpc) is 2.31. The van der Waals surface area contributed by atoms with E-state index in [0.717, 1.165) is 11.4 Å². The lowest BCUT2D eigenvalue weighted by molar-refractivity contribution is 0.492. The second kappa shape index (κ2) is 5.86. The van der Waals surface area contributed by atoms with Crippen LogP contribution in [0.15, 0.2) is 30.3 Å². The van der Waals surface area contributed by atoms with Gasteiger partial charge in [-0.3, -0.25) is 0 Å². The summed E-state index contributed by atoms with van der Waals surface area (Å²) < 4.78 is 5.94. The molecule has 1 nitrogen and oxygen atoms in total. The zero-order valence-electron chi connectivity index (χ0n) is 8.73. The van der Waals surface area contributed by atoms with Crippen LogP contribution >= 0.6 is 22.3 Å². The minimum atomic E-state index is -0.463. The van der Waals surface area contributed by atoms with E-state index in [1.54, 1.807) is 0 Å². The lowest BCUT2D eigenvalue weighted by Crippen LogP contribution is -2.10. The Hall–Kier alpha value is -0.0700. The monoisotopic (exact) mass is 286 g/mol. The molecule has 0 aliphatic heterocycles.